The van der Waals surface area contributed by atoms with Crippen LogP contribution in [0.1, 0.15) is 31.8 Å². The minimum absolute atomic E-state index is 0.141. The number of aliphatic carboxylic acids is 1. The third-order valence-corrected chi connectivity index (χ3v) is 4.13. The molecule has 1 aromatic rings. The summed E-state index contributed by atoms with van der Waals surface area (Å²) in [4.78, 5) is 22.2. The first-order valence-electron chi connectivity index (χ1n) is 6.68. The van der Waals surface area contributed by atoms with Crippen LogP contribution >= 0.6 is 0 Å². The third-order valence-electron chi connectivity index (χ3n) is 4.13. The zero-order valence-electron chi connectivity index (χ0n) is 11.8. The van der Waals surface area contributed by atoms with E-state index < -0.39 is 11.4 Å². The molecule has 1 unspecified atom stereocenters. The quantitative estimate of drug-likeness (QED) is 0.896. The molecule has 0 saturated carbocycles. The van der Waals surface area contributed by atoms with E-state index in [1.165, 1.54) is 0 Å². The van der Waals surface area contributed by atoms with Crippen LogP contribution in [-0.2, 0) is 11.3 Å². The lowest BCUT2D eigenvalue weighted by atomic mass is 9.76. The molecule has 0 aromatic carbocycles. The van der Waals surface area contributed by atoms with E-state index in [4.69, 9.17) is 0 Å². The van der Waals surface area contributed by atoms with E-state index >= 15 is 0 Å². The number of hydrogen-bond acceptors (Lipinski definition) is 4. The number of likely N-dealkylation sites (tertiary alicyclic amines) is 1. The van der Waals surface area contributed by atoms with E-state index in [9.17, 15) is 9.90 Å². The largest absolute Gasteiger partial charge is 0.481 e. The summed E-state index contributed by atoms with van der Waals surface area (Å²) in [5.41, 5.74) is 0.347. The van der Waals surface area contributed by atoms with Gasteiger partial charge in [0, 0.05) is 19.3 Å². The maximum Gasteiger partial charge on any atom is 0.311 e. The van der Waals surface area contributed by atoms with Crippen LogP contribution in [0, 0.1) is 18.3 Å². The maximum absolute atomic E-state index is 11.6. The highest BCUT2D eigenvalue weighted by molar-refractivity contribution is 5.75. The molecule has 2 heterocycles. The number of rotatable bonds is 4. The molecule has 5 nitrogen and oxygen atoms in total. The Kier molecular flexibility index (Phi) is 3.85. The Morgan fingerprint density at radius 1 is 1.58 bits per heavy atom. The zero-order chi connectivity index (χ0) is 14.0. The molecule has 5 heteroatoms. The lowest BCUT2D eigenvalue weighted by molar-refractivity contribution is -0.151. The van der Waals surface area contributed by atoms with Crippen molar-refractivity contribution in [1.82, 2.24) is 14.9 Å². The number of nitrogens with zero attached hydrogens (tertiary/aromatic N) is 3. The van der Waals surface area contributed by atoms with Crippen molar-refractivity contribution < 1.29 is 9.90 Å². The fourth-order valence-corrected chi connectivity index (χ4v) is 2.76. The predicted octanol–water partition coefficient (Wildman–Crippen LogP) is 1.72. The van der Waals surface area contributed by atoms with Gasteiger partial charge >= 0.3 is 5.97 Å². The highest BCUT2D eigenvalue weighted by atomic mass is 16.4. The van der Waals surface area contributed by atoms with Gasteiger partial charge in [0.1, 0.15) is 5.82 Å². The second-order valence-electron chi connectivity index (χ2n) is 5.67. The molecule has 1 aliphatic heterocycles. The van der Waals surface area contributed by atoms with E-state index in [-0.39, 0.29) is 5.92 Å². The average Bonchev–Trinajstić information content (AvgIpc) is 2.74. The number of carbonyl (C=O) groups is 1. The highest BCUT2D eigenvalue weighted by Gasteiger charge is 2.47. The maximum atomic E-state index is 11.6. The zero-order valence-corrected chi connectivity index (χ0v) is 11.8. The third kappa shape index (κ3) is 2.76. The molecular weight excluding hydrogens is 242 g/mol. The van der Waals surface area contributed by atoms with Gasteiger partial charge in [-0.15, -0.1) is 0 Å². The summed E-state index contributed by atoms with van der Waals surface area (Å²) < 4.78 is 0. The summed E-state index contributed by atoms with van der Waals surface area (Å²) in [6, 6.07) is 1.89. The summed E-state index contributed by atoms with van der Waals surface area (Å²) in [6.45, 7) is 7.96. The molecule has 0 radical (unpaired) electrons. The van der Waals surface area contributed by atoms with Gasteiger partial charge in [-0.05, 0) is 31.9 Å². The van der Waals surface area contributed by atoms with Crippen LogP contribution in [0.5, 0.6) is 0 Å². The van der Waals surface area contributed by atoms with Gasteiger partial charge in [-0.2, -0.15) is 0 Å². The molecule has 19 heavy (non-hydrogen) atoms. The van der Waals surface area contributed by atoms with Crippen molar-refractivity contribution in [1.29, 1.82) is 0 Å². The van der Waals surface area contributed by atoms with Crippen molar-refractivity contribution in [3.63, 3.8) is 0 Å². The normalized spacial score (nSPS) is 24.0. The molecule has 1 fully saturated rings. The molecule has 0 amide bonds. The minimum Gasteiger partial charge on any atom is -0.481 e. The van der Waals surface area contributed by atoms with Crippen molar-refractivity contribution in [3.8, 4) is 0 Å². The Morgan fingerprint density at radius 2 is 2.32 bits per heavy atom. The summed E-state index contributed by atoms with van der Waals surface area (Å²) in [5.74, 6) is 0.219. The molecule has 0 bridgehead atoms. The lowest BCUT2D eigenvalue weighted by Gasteiger charge is -2.28. The summed E-state index contributed by atoms with van der Waals surface area (Å²) in [7, 11) is 0. The van der Waals surface area contributed by atoms with E-state index in [1.807, 2.05) is 26.8 Å². The molecule has 2 rings (SSSR count). The number of carboxylic acids is 1. The van der Waals surface area contributed by atoms with Crippen molar-refractivity contribution in [2.24, 2.45) is 11.3 Å². The second-order valence-corrected chi connectivity index (χ2v) is 5.67. The van der Waals surface area contributed by atoms with Gasteiger partial charge in [0.25, 0.3) is 0 Å². The fraction of sp³-hybridized carbons (Fsp3) is 0.643. The van der Waals surface area contributed by atoms with Gasteiger partial charge in [-0.1, -0.05) is 13.8 Å². The average molecular weight is 263 g/mol. The van der Waals surface area contributed by atoms with Gasteiger partial charge in [0.15, 0.2) is 0 Å². The van der Waals surface area contributed by atoms with E-state index in [0.29, 0.717) is 19.5 Å². The number of aromatic nitrogens is 2. The van der Waals surface area contributed by atoms with E-state index in [2.05, 4.69) is 14.9 Å². The lowest BCUT2D eigenvalue weighted by Crippen LogP contribution is -2.39. The molecule has 1 aromatic heterocycles. The van der Waals surface area contributed by atoms with Crippen LogP contribution in [0.15, 0.2) is 12.3 Å². The Hall–Kier alpha value is -1.49. The number of aryl methyl sites for hydroxylation is 1. The van der Waals surface area contributed by atoms with Gasteiger partial charge in [0.2, 0.25) is 0 Å². The van der Waals surface area contributed by atoms with Gasteiger partial charge in [-0.25, -0.2) is 9.97 Å². The topological polar surface area (TPSA) is 66.3 Å². The SMILES string of the molecule is Cc1nccc(CN2CCC(C(=O)O)(C(C)C)C2)n1. The van der Waals surface area contributed by atoms with Gasteiger partial charge in [0.05, 0.1) is 11.1 Å². The Bertz CT molecular complexity index is 476. The molecular formula is C14H21N3O2. The second kappa shape index (κ2) is 5.25. The van der Waals surface area contributed by atoms with Gasteiger partial charge in [-0.3, -0.25) is 9.69 Å². The summed E-state index contributed by atoms with van der Waals surface area (Å²) in [6.07, 6.45) is 2.46. The summed E-state index contributed by atoms with van der Waals surface area (Å²) >= 11 is 0. The Labute approximate surface area is 113 Å². The predicted molar refractivity (Wildman–Crippen MR) is 71.6 cm³/mol. The smallest absolute Gasteiger partial charge is 0.311 e. The molecule has 104 valence electrons. The van der Waals surface area contributed by atoms with E-state index in [0.717, 1.165) is 18.1 Å². The van der Waals surface area contributed by atoms with E-state index in [1.54, 1.807) is 6.20 Å². The van der Waals surface area contributed by atoms with Crippen LogP contribution in [-0.4, -0.2) is 39.0 Å². The minimum atomic E-state index is -0.677. The first-order chi connectivity index (χ1) is 8.94. The fourth-order valence-electron chi connectivity index (χ4n) is 2.76. The van der Waals surface area contributed by atoms with Crippen LogP contribution in [0.4, 0.5) is 0 Å². The molecule has 1 aliphatic rings. The number of hydrogen-bond donors (Lipinski definition) is 1. The molecule has 0 aliphatic carbocycles. The first kappa shape index (κ1) is 13.9. The molecule has 1 atom stereocenters. The van der Waals surface area contributed by atoms with Crippen molar-refractivity contribution in [2.45, 2.75) is 33.7 Å². The monoisotopic (exact) mass is 263 g/mol. The van der Waals surface area contributed by atoms with Crippen LogP contribution < -0.4 is 0 Å². The van der Waals surface area contributed by atoms with Crippen LogP contribution in [0.3, 0.4) is 0 Å². The van der Waals surface area contributed by atoms with Crippen LogP contribution in [0.25, 0.3) is 0 Å². The Morgan fingerprint density at radius 3 is 2.84 bits per heavy atom. The number of carboxylic acid groups (broad SMARTS) is 1. The van der Waals surface area contributed by atoms with Crippen molar-refractivity contribution >= 4 is 5.97 Å². The first-order valence-corrected chi connectivity index (χ1v) is 6.68. The molecule has 1 saturated heterocycles. The highest BCUT2D eigenvalue weighted by Crippen LogP contribution is 2.38. The molecule has 0 spiro atoms. The van der Waals surface area contributed by atoms with Crippen molar-refractivity contribution in [2.75, 3.05) is 13.1 Å². The Balaban J connectivity index is 2.08. The summed E-state index contributed by atoms with van der Waals surface area (Å²) in [5, 5.41) is 9.51. The van der Waals surface area contributed by atoms with Gasteiger partial charge < -0.3 is 5.11 Å². The van der Waals surface area contributed by atoms with Crippen LogP contribution in [0.2, 0.25) is 0 Å². The van der Waals surface area contributed by atoms with Crippen molar-refractivity contribution in [3.05, 3.63) is 23.8 Å². The standard InChI is InChI=1S/C14H21N3O2/c1-10(2)14(13(18)19)5-7-17(9-14)8-12-4-6-15-11(3)16-12/h4,6,10H,5,7-9H2,1-3H3,(H,18,19). The molecule has 1 N–H and O–H groups in total.